The van der Waals surface area contributed by atoms with Gasteiger partial charge < -0.3 is 19.4 Å². The lowest BCUT2D eigenvalue weighted by Gasteiger charge is -2.35. The molecule has 1 aromatic carbocycles. The number of fused-ring (bicyclic) bond motifs is 1. The van der Waals surface area contributed by atoms with Gasteiger partial charge >= 0.3 is 0 Å². The fourth-order valence-corrected chi connectivity index (χ4v) is 4.82. The van der Waals surface area contributed by atoms with Crippen LogP contribution in [0, 0.1) is 6.92 Å². The molecule has 0 aliphatic carbocycles. The normalized spacial score (nSPS) is 16.9. The first-order valence-electron chi connectivity index (χ1n) is 12.3. The van der Waals surface area contributed by atoms with E-state index < -0.39 is 34.9 Å². The van der Waals surface area contributed by atoms with Gasteiger partial charge in [0.2, 0.25) is 23.8 Å². The number of amides is 1. The molecule has 39 heavy (non-hydrogen) atoms. The summed E-state index contributed by atoms with van der Waals surface area (Å²) in [6, 6.07) is 5.26. The number of piperazine rings is 1. The first-order valence-corrected chi connectivity index (χ1v) is 14.1. The molecule has 2 aliphatic rings. The molecule has 13 nitrogen and oxygen atoms in total. The number of benzene rings is 1. The Morgan fingerprint density at radius 3 is 2.21 bits per heavy atom. The van der Waals surface area contributed by atoms with Crippen molar-refractivity contribution >= 4 is 39.0 Å². The van der Waals surface area contributed by atoms with Gasteiger partial charge in [-0.15, -0.1) is 0 Å². The number of ether oxygens (including phenoxy) is 1. The summed E-state index contributed by atoms with van der Waals surface area (Å²) in [4.78, 5) is 35.6. The lowest BCUT2D eigenvalue weighted by molar-refractivity contribution is -0.133. The number of anilines is 2. The van der Waals surface area contributed by atoms with E-state index in [1.165, 1.54) is 9.47 Å². The second kappa shape index (κ2) is 10.9. The quantitative estimate of drug-likeness (QED) is 0.378. The number of hydrogen-bond donors (Lipinski definition) is 0. The highest BCUT2D eigenvalue weighted by atomic mass is 32.2. The van der Waals surface area contributed by atoms with E-state index in [-0.39, 0.29) is 25.0 Å². The zero-order valence-corrected chi connectivity index (χ0v) is 22.3. The number of para-hydroxylation sites is 1. The van der Waals surface area contributed by atoms with Crippen LogP contribution in [-0.2, 0) is 23.8 Å². The molecule has 0 spiro atoms. The van der Waals surface area contributed by atoms with Crippen LogP contribution in [0.1, 0.15) is 17.8 Å². The summed E-state index contributed by atoms with van der Waals surface area (Å²) in [5.74, 6) is -0.299. The Morgan fingerprint density at radius 2 is 1.59 bits per heavy atom. The van der Waals surface area contributed by atoms with Gasteiger partial charge in [-0.1, -0.05) is 12.1 Å². The molecule has 0 N–H and O–H groups in total. The molecule has 3 aromatic rings. The highest BCUT2D eigenvalue weighted by Crippen LogP contribution is 2.29. The molecule has 2 aliphatic heterocycles. The van der Waals surface area contributed by atoms with Crippen molar-refractivity contribution in [3.8, 4) is 5.95 Å². The van der Waals surface area contributed by atoms with Crippen molar-refractivity contribution in [1.29, 1.82) is 0 Å². The summed E-state index contributed by atoms with van der Waals surface area (Å²) in [5, 5.41) is 0. The number of morpholine rings is 1. The van der Waals surface area contributed by atoms with Crippen LogP contribution in [0.4, 0.5) is 20.7 Å². The SMILES string of the molecule is Cc1cccc2c1nc(C(F)F)n2-c1nc(N2CCOCC2)nc(N2CCN(C(=O)COS(C)(=O)=O)CC2)n1. The van der Waals surface area contributed by atoms with Crippen LogP contribution in [-0.4, -0.2) is 109 Å². The van der Waals surface area contributed by atoms with Crippen molar-refractivity contribution in [2.45, 2.75) is 13.3 Å². The van der Waals surface area contributed by atoms with Gasteiger partial charge in [-0.05, 0) is 18.6 Å². The van der Waals surface area contributed by atoms with Crippen LogP contribution in [0.25, 0.3) is 17.0 Å². The summed E-state index contributed by atoms with van der Waals surface area (Å²) in [6.45, 7) is 4.45. The molecule has 0 unspecified atom stereocenters. The third-order valence-corrected chi connectivity index (χ3v) is 7.06. The van der Waals surface area contributed by atoms with Crippen molar-refractivity contribution < 1.29 is 30.9 Å². The average Bonchev–Trinajstić information content (AvgIpc) is 3.33. The Morgan fingerprint density at radius 1 is 0.974 bits per heavy atom. The minimum atomic E-state index is -3.74. The fraction of sp³-hybridized carbons (Fsp3) is 0.522. The molecule has 2 fully saturated rings. The van der Waals surface area contributed by atoms with Gasteiger partial charge in [0.25, 0.3) is 16.5 Å². The molecule has 1 amide bonds. The fourth-order valence-electron chi connectivity index (χ4n) is 4.51. The maximum absolute atomic E-state index is 14.2. The van der Waals surface area contributed by atoms with Crippen molar-refractivity contribution in [2.75, 3.05) is 75.1 Å². The van der Waals surface area contributed by atoms with Crippen LogP contribution in [0.15, 0.2) is 18.2 Å². The van der Waals surface area contributed by atoms with Gasteiger partial charge in [-0.25, -0.2) is 13.8 Å². The summed E-state index contributed by atoms with van der Waals surface area (Å²) in [6.07, 6.45) is -1.99. The van der Waals surface area contributed by atoms with Crippen LogP contribution in [0.5, 0.6) is 0 Å². The molecule has 2 saturated heterocycles. The summed E-state index contributed by atoms with van der Waals surface area (Å²) < 4.78 is 62.1. The minimum Gasteiger partial charge on any atom is -0.378 e. The predicted octanol–water partition coefficient (Wildman–Crippen LogP) is 0.918. The Kier molecular flexibility index (Phi) is 7.59. The number of alkyl halides is 2. The molecule has 2 aromatic heterocycles. The molecular weight excluding hydrogens is 538 g/mol. The number of carbonyl (C=O) groups excluding carboxylic acids is 1. The zero-order chi connectivity index (χ0) is 27.7. The third kappa shape index (κ3) is 5.91. The van der Waals surface area contributed by atoms with Crippen LogP contribution >= 0.6 is 0 Å². The number of halogens is 2. The molecule has 0 saturated carbocycles. The highest BCUT2D eigenvalue weighted by Gasteiger charge is 2.28. The number of nitrogens with zero attached hydrogens (tertiary/aromatic N) is 8. The minimum absolute atomic E-state index is 0.0185. The van der Waals surface area contributed by atoms with Crippen LogP contribution in [0.2, 0.25) is 0 Å². The molecule has 16 heteroatoms. The van der Waals surface area contributed by atoms with E-state index in [1.54, 1.807) is 25.1 Å². The number of carbonyl (C=O) groups is 1. The molecule has 4 heterocycles. The number of aromatic nitrogens is 5. The third-order valence-electron chi connectivity index (χ3n) is 6.51. The van der Waals surface area contributed by atoms with E-state index >= 15 is 0 Å². The van der Waals surface area contributed by atoms with E-state index in [0.717, 1.165) is 11.8 Å². The standard InChI is InChI=1S/C23H28F2N8O5S/c1-15-4-3-5-16-18(15)26-20(19(24)25)33(16)23-28-21(27-22(29-23)32-10-12-37-13-11-32)31-8-6-30(7-9-31)17(34)14-38-39(2,35)36/h3-5,19H,6-14H2,1-2H3. The van der Waals surface area contributed by atoms with E-state index in [9.17, 15) is 22.0 Å². The Labute approximate surface area is 223 Å². The molecule has 5 rings (SSSR count). The van der Waals surface area contributed by atoms with Crippen molar-refractivity contribution in [3.05, 3.63) is 29.6 Å². The monoisotopic (exact) mass is 566 g/mol. The smallest absolute Gasteiger partial charge is 0.296 e. The van der Waals surface area contributed by atoms with E-state index in [1.807, 2.05) is 9.80 Å². The first-order chi connectivity index (χ1) is 18.6. The summed E-state index contributed by atoms with van der Waals surface area (Å²) >= 11 is 0. The van der Waals surface area contributed by atoms with Gasteiger partial charge in [-0.3, -0.25) is 13.5 Å². The molecule has 210 valence electrons. The van der Waals surface area contributed by atoms with Gasteiger partial charge in [0.15, 0.2) is 5.82 Å². The Bertz CT molecular complexity index is 1470. The molecule has 0 bridgehead atoms. The second-order valence-electron chi connectivity index (χ2n) is 9.22. The van der Waals surface area contributed by atoms with Crippen LogP contribution < -0.4 is 9.80 Å². The molecule has 0 atom stereocenters. The largest absolute Gasteiger partial charge is 0.378 e. The lowest BCUT2D eigenvalue weighted by atomic mass is 10.2. The maximum Gasteiger partial charge on any atom is 0.296 e. The van der Waals surface area contributed by atoms with Gasteiger partial charge in [0, 0.05) is 39.3 Å². The van der Waals surface area contributed by atoms with Gasteiger partial charge in [-0.2, -0.15) is 23.4 Å². The number of aryl methyl sites for hydroxylation is 1. The Hall–Kier alpha value is -3.50. The zero-order valence-electron chi connectivity index (χ0n) is 21.5. The van der Waals surface area contributed by atoms with Crippen molar-refractivity contribution in [3.63, 3.8) is 0 Å². The van der Waals surface area contributed by atoms with Crippen molar-refractivity contribution in [1.82, 2.24) is 29.4 Å². The first kappa shape index (κ1) is 27.1. The van der Waals surface area contributed by atoms with Crippen molar-refractivity contribution in [2.24, 2.45) is 0 Å². The number of hydrogen-bond acceptors (Lipinski definition) is 11. The maximum atomic E-state index is 14.2. The number of imidazole rings is 1. The topological polar surface area (TPSA) is 136 Å². The summed E-state index contributed by atoms with van der Waals surface area (Å²) in [5.41, 5.74) is 1.64. The lowest BCUT2D eigenvalue weighted by Crippen LogP contribution is -2.50. The van der Waals surface area contributed by atoms with Gasteiger partial charge in [0.05, 0.1) is 30.5 Å². The molecule has 0 radical (unpaired) electrons. The molecular formula is C23H28F2N8O5S. The van der Waals surface area contributed by atoms with Gasteiger partial charge in [0.1, 0.15) is 6.61 Å². The van der Waals surface area contributed by atoms with E-state index in [0.29, 0.717) is 56.4 Å². The van der Waals surface area contributed by atoms with E-state index in [2.05, 4.69) is 24.1 Å². The summed E-state index contributed by atoms with van der Waals surface area (Å²) in [7, 11) is -3.74. The van der Waals surface area contributed by atoms with Crippen LogP contribution in [0.3, 0.4) is 0 Å². The number of rotatable bonds is 7. The predicted molar refractivity (Wildman–Crippen MR) is 137 cm³/mol. The van der Waals surface area contributed by atoms with E-state index in [4.69, 9.17) is 4.74 Å². The average molecular weight is 567 g/mol. The second-order valence-corrected chi connectivity index (χ2v) is 10.9. The highest BCUT2D eigenvalue weighted by molar-refractivity contribution is 7.86. The Balaban J connectivity index is 1.49.